The molecule has 3 aromatic rings. The van der Waals surface area contributed by atoms with Gasteiger partial charge in [-0.3, -0.25) is 0 Å². The minimum absolute atomic E-state index is 0.251. The van der Waals surface area contributed by atoms with E-state index in [1.807, 2.05) is 12.1 Å². The Kier molecular flexibility index (Phi) is 5.41. The Morgan fingerprint density at radius 3 is 2.62 bits per heavy atom. The van der Waals surface area contributed by atoms with Crippen LogP contribution in [0.5, 0.6) is 11.5 Å². The van der Waals surface area contributed by atoms with E-state index in [1.54, 1.807) is 32.4 Å². The van der Waals surface area contributed by atoms with Gasteiger partial charge in [0, 0.05) is 25.2 Å². The summed E-state index contributed by atoms with van der Waals surface area (Å²) >= 11 is 0. The maximum atomic E-state index is 13.8. The summed E-state index contributed by atoms with van der Waals surface area (Å²) in [5.41, 5.74) is 2.93. The number of rotatable bonds is 6. The van der Waals surface area contributed by atoms with Crippen LogP contribution >= 0.6 is 0 Å². The smallest absolute Gasteiger partial charge is 0.247 e. The first-order chi connectivity index (χ1) is 14.2. The number of aromatic nitrogens is 3. The number of nitrogens with one attached hydrogen (secondary N) is 1. The molecule has 1 aromatic heterocycles. The van der Waals surface area contributed by atoms with Crippen molar-refractivity contribution in [1.82, 2.24) is 15.2 Å². The lowest BCUT2D eigenvalue weighted by molar-refractivity contribution is 0.353. The number of benzene rings is 2. The third kappa shape index (κ3) is 4.06. The average Bonchev–Trinajstić information content (AvgIpc) is 2.77. The van der Waals surface area contributed by atoms with Crippen LogP contribution in [0, 0.1) is 5.82 Å². The van der Waals surface area contributed by atoms with Gasteiger partial charge in [0.25, 0.3) is 0 Å². The van der Waals surface area contributed by atoms with E-state index in [0.717, 1.165) is 24.3 Å². The van der Waals surface area contributed by atoms with Crippen LogP contribution in [0.25, 0.3) is 0 Å². The largest absolute Gasteiger partial charge is 0.493 e. The second kappa shape index (κ2) is 8.30. The summed E-state index contributed by atoms with van der Waals surface area (Å²) in [7, 11) is 3.27. The Hall–Kier alpha value is -3.42. The highest BCUT2D eigenvalue weighted by Crippen LogP contribution is 2.33. The number of halogens is 1. The number of anilines is 2. The fourth-order valence-corrected chi connectivity index (χ4v) is 3.39. The summed E-state index contributed by atoms with van der Waals surface area (Å²) in [6.45, 7) is 1.74. The SMILES string of the molecule is COc1cc2c(cc1OC)CN(c1nncc(NCc3ccccc3F)n1)CC2. The normalized spacial score (nSPS) is 13.0. The van der Waals surface area contributed by atoms with E-state index in [4.69, 9.17) is 9.47 Å². The van der Waals surface area contributed by atoms with Crippen LogP contribution < -0.4 is 19.7 Å². The van der Waals surface area contributed by atoms with E-state index in [2.05, 4.69) is 25.4 Å². The highest BCUT2D eigenvalue weighted by atomic mass is 19.1. The van der Waals surface area contributed by atoms with Crippen molar-refractivity contribution in [3.05, 3.63) is 65.1 Å². The molecule has 0 saturated carbocycles. The lowest BCUT2D eigenvalue weighted by atomic mass is 9.99. The highest BCUT2D eigenvalue weighted by Gasteiger charge is 2.21. The van der Waals surface area contributed by atoms with Crippen molar-refractivity contribution in [3.63, 3.8) is 0 Å². The van der Waals surface area contributed by atoms with E-state index in [-0.39, 0.29) is 5.82 Å². The maximum Gasteiger partial charge on any atom is 0.247 e. The predicted octanol–water partition coefficient (Wildman–Crippen LogP) is 3.20. The van der Waals surface area contributed by atoms with Gasteiger partial charge in [-0.1, -0.05) is 18.2 Å². The molecule has 7 nitrogen and oxygen atoms in total. The Morgan fingerprint density at radius 1 is 1.10 bits per heavy atom. The fourth-order valence-electron chi connectivity index (χ4n) is 3.39. The Morgan fingerprint density at radius 2 is 1.86 bits per heavy atom. The van der Waals surface area contributed by atoms with Crippen LogP contribution in [-0.2, 0) is 19.5 Å². The van der Waals surface area contributed by atoms with E-state index < -0.39 is 0 Å². The molecule has 0 unspecified atom stereocenters. The van der Waals surface area contributed by atoms with Crippen molar-refractivity contribution in [2.24, 2.45) is 0 Å². The molecule has 150 valence electrons. The molecule has 0 radical (unpaired) electrons. The molecule has 1 N–H and O–H groups in total. The van der Waals surface area contributed by atoms with Crippen molar-refractivity contribution in [2.75, 3.05) is 31.0 Å². The van der Waals surface area contributed by atoms with Gasteiger partial charge in [-0.2, -0.15) is 10.1 Å². The van der Waals surface area contributed by atoms with E-state index >= 15 is 0 Å². The molecule has 0 bridgehead atoms. The summed E-state index contributed by atoms with van der Waals surface area (Å²) in [5, 5.41) is 11.4. The lowest BCUT2D eigenvalue weighted by Gasteiger charge is -2.29. The average molecular weight is 395 g/mol. The highest BCUT2D eigenvalue weighted by molar-refractivity contribution is 5.51. The van der Waals surface area contributed by atoms with Gasteiger partial charge in [0.05, 0.1) is 20.4 Å². The monoisotopic (exact) mass is 395 g/mol. The summed E-state index contributed by atoms with van der Waals surface area (Å²) in [4.78, 5) is 6.62. The first-order valence-corrected chi connectivity index (χ1v) is 9.33. The molecule has 0 spiro atoms. The van der Waals surface area contributed by atoms with Crippen LogP contribution in [0.2, 0.25) is 0 Å². The van der Waals surface area contributed by atoms with Crippen LogP contribution in [0.15, 0.2) is 42.6 Å². The number of fused-ring (bicyclic) bond motifs is 1. The van der Waals surface area contributed by atoms with Crippen molar-refractivity contribution in [3.8, 4) is 11.5 Å². The number of nitrogens with zero attached hydrogens (tertiary/aromatic N) is 4. The zero-order valence-corrected chi connectivity index (χ0v) is 16.4. The van der Waals surface area contributed by atoms with Gasteiger partial charge < -0.3 is 19.7 Å². The molecule has 2 heterocycles. The Bertz CT molecular complexity index is 1010. The molecule has 4 rings (SSSR count). The standard InChI is InChI=1S/C21H22FN5O2/c1-28-18-9-14-7-8-27(13-16(14)10-19(18)29-2)21-25-20(12-24-26-21)23-11-15-5-3-4-6-17(15)22/h3-6,9-10,12H,7-8,11,13H2,1-2H3,(H,23,25,26). The van der Waals surface area contributed by atoms with Gasteiger partial charge in [-0.25, -0.2) is 4.39 Å². The van der Waals surface area contributed by atoms with Crippen LogP contribution in [0.1, 0.15) is 16.7 Å². The van der Waals surface area contributed by atoms with Gasteiger partial charge >= 0.3 is 0 Å². The molecular formula is C21H22FN5O2. The summed E-state index contributed by atoms with van der Waals surface area (Å²) in [6.07, 6.45) is 2.38. The van der Waals surface area contributed by atoms with Crippen molar-refractivity contribution in [1.29, 1.82) is 0 Å². The third-order valence-corrected chi connectivity index (χ3v) is 4.97. The van der Waals surface area contributed by atoms with Crippen LogP contribution in [0.3, 0.4) is 0 Å². The number of hydrogen-bond donors (Lipinski definition) is 1. The van der Waals surface area contributed by atoms with E-state index in [1.165, 1.54) is 17.8 Å². The predicted molar refractivity (Wildman–Crippen MR) is 108 cm³/mol. The molecule has 1 aliphatic rings. The number of hydrogen-bond acceptors (Lipinski definition) is 7. The molecule has 2 aromatic carbocycles. The van der Waals surface area contributed by atoms with E-state index in [0.29, 0.717) is 36.2 Å². The van der Waals surface area contributed by atoms with Gasteiger partial charge in [0.15, 0.2) is 17.3 Å². The molecule has 0 atom stereocenters. The third-order valence-electron chi connectivity index (χ3n) is 4.97. The van der Waals surface area contributed by atoms with E-state index in [9.17, 15) is 4.39 Å². The van der Waals surface area contributed by atoms with Gasteiger partial charge in [-0.05, 0) is 35.7 Å². The van der Waals surface area contributed by atoms with Gasteiger partial charge in [0.2, 0.25) is 5.95 Å². The Labute approximate surface area is 168 Å². The summed E-state index contributed by atoms with van der Waals surface area (Å²) in [6, 6.07) is 10.7. The molecular weight excluding hydrogens is 373 g/mol. The molecule has 8 heteroatoms. The summed E-state index contributed by atoms with van der Waals surface area (Å²) in [5.74, 6) is 2.27. The molecule has 29 heavy (non-hydrogen) atoms. The number of methoxy groups -OCH3 is 2. The lowest BCUT2D eigenvalue weighted by Crippen LogP contribution is -2.32. The van der Waals surface area contributed by atoms with Crippen molar-refractivity contribution >= 4 is 11.8 Å². The van der Waals surface area contributed by atoms with Gasteiger partial charge in [-0.15, -0.1) is 5.10 Å². The van der Waals surface area contributed by atoms with Gasteiger partial charge in [0.1, 0.15) is 5.82 Å². The fraction of sp³-hybridized carbons (Fsp3) is 0.286. The molecule has 0 fully saturated rings. The topological polar surface area (TPSA) is 72.4 Å². The number of ether oxygens (including phenoxy) is 2. The summed E-state index contributed by atoms with van der Waals surface area (Å²) < 4.78 is 24.6. The van der Waals surface area contributed by atoms with Crippen LogP contribution in [0.4, 0.5) is 16.2 Å². The quantitative estimate of drug-likeness (QED) is 0.687. The van der Waals surface area contributed by atoms with Crippen molar-refractivity contribution < 1.29 is 13.9 Å². The second-order valence-corrected chi connectivity index (χ2v) is 6.73. The molecule has 0 saturated heterocycles. The minimum Gasteiger partial charge on any atom is -0.493 e. The van der Waals surface area contributed by atoms with Crippen molar-refractivity contribution in [2.45, 2.75) is 19.5 Å². The first-order valence-electron chi connectivity index (χ1n) is 9.33. The first kappa shape index (κ1) is 18.9. The Balaban J connectivity index is 1.50. The molecule has 0 amide bonds. The zero-order valence-electron chi connectivity index (χ0n) is 16.4. The van der Waals surface area contributed by atoms with Crippen LogP contribution in [-0.4, -0.2) is 35.9 Å². The minimum atomic E-state index is -0.251. The zero-order chi connectivity index (χ0) is 20.2. The molecule has 1 aliphatic heterocycles. The molecule has 0 aliphatic carbocycles. The maximum absolute atomic E-state index is 13.8. The second-order valence-electron chi connectivity index (χ2n) is 6.73.